The third kappa shape index (κ3) is 4.78. The Hall–Kier alpha value is -0.540. The molecule has 0 unspecified atom stereocenters. The molecule has 1 aromatic carbocycles. The van der Waals surface area contributed by atoms with E-state index in [9.17, 15) is 0 Å². The summed E-state index contributed by atoms with van der Waals surface area (Å²) in [5.41, 5.74) is 2.83. The molecule has 1 aromatic rings. The maximum atomic E-state index is 3.63. The second kappa shape index (κ2) is 8.04. The van der Waals surface area contributed by atoms with E-state index in [1.165, 1.54) is 60.9 Å². The normalized spacial score (nSPS) is 17.1. The van der Waals surface area contributed by atoms with Gasteiger partial charge < -0.3 is 10.2 Å². The summed E-state index contributed by atoms with van der Waals surface area (Å²) in [5, 5.41) is 3.55. The van der Waals surface area contributed by atoms with E-state index in [-0.39, 0.29) is 0 Å². The molecule has 1 aliphatic heterocycles. The summed E-state index contributed by atoms with van der Waals surface area (Å²) in [6, 6.07) is 7.23. The van der Waals surface area contributed by atoms with Crippen LogP contribution in [0, 0.1) is 0 Å². The van der Waals surface area contributed by atoms with E-state index in [0.717, 1.165) is 6.54 Å². The van der Waals surface area contributed by atoms with Crippen molar-refractivity contribution in [1.82, 2.24) is 5.32 Å². The first-order chi connectivity index (χ1) is 9.66. The summed E-state index contributed by atoms with van der Waals surface area (Å²) in [4.78, 5) is 2.58. The van der Waals surface area contributed by atoms with E-state index >= 15 is 0 Å². The predicted octanol–water partition coefficient (Wildman–Crippen LogP) is 4.72. The summed E-state index contributed by atoms with van der Waals surface area (Å²) in [7, 11) is 0. The van der Waals surface area contributed by atoms with Crippen LogP contribution < -0.4 is 10.2 Å². The molecule has 2 nitrogen and oxygen atoms in total. The zero-order valence-corrected chi connectivity index (χ0v) is 14.4. The van der Waals surface area contributed by atoms with Gasteiger partial charge in [0, 0.05) is 35.8 Å². The molecule has 1 heterocycles. The van der Waals surface area contributed by atoms with E-state index in [1.54, 1.807) is 0 Å². The molecule has 1 aliphatic rings. The number of hydrogen-bond acceptors (Lipinski definition) is 2. The molecule has 112 valence electrons. The topological polar surface area (TPSA) is 15.3 Å². The number of nitrogens with one attached hydrogen (secondary N) is 1. The van der Waals surface area contributed by atoms with E-state index in [1.807, 2.05) is 0 Å². The molecule has 20 heavy (non-hydrogen) atoms. The summed E-state index contributed by atoms with van der Waals surface area (Å²) < 4.78 is 1.18. The molecule has 1 N–H and O–H groups in total. The number of benzene rings is 1. The standard InChI is InChI=1S/C17H27BrN2/c1-14(2)19-13-15-8-9-16(18)12-17(15)20-10-6-4-3-5-7-11-20/h8-9,12,14,19H,3-7,10-11,13H2,1-2H3. The van der Waals surface area contributed by atoms with Gasteiger partial charge in [-0.1, -0.05) is 55.1 Å². The Morgan fingerprint density at radius 1 is 1.10 bits per heavy atom. The first kappa shape index (κ1) is 15.8. The summed E-state index contributed by atoms with van der Waals surface area (Å²) in [6.45, 7) is 7.76. The number of hydrogen-bond donors (Lipinski definition) is 1. The van der Waals surface area contributed by atoms with E-state index < -0.39 is 0 Å². The van der Waals surface area contributed by atoms with Gasteiger partial charge >= 0.3 is 0 Å². The lowest BCUT2D eigenvalue weighted by Gasteiger charge is -2.29. The third-order valence-electron chi connectivity index (χ3n) is 3.94. The molecule has 0 bridgehead atoms. The van der Waals surface area contributed by atoms with Gasteiger partial charge in [-0.2, -0.15) is 0 Å². The van der Waals surface area contributed by atoms with Crippen molar-refractivity contribution in [2.75, 3.05) is 18.0 Å². The highest BCUT2D eigenvalue weighted by molar-refractivity contribution is 9.10. The molecular weight excluding hydrogens is 312 g/mol. The first-order valence-electron chi connectivity index (χ1n) is 7.93. The Bertz CT molecular complexity index is 409. The third-order valence-corrected chi connectivity index (χ3v) is 4.44. The van der Waals surface area contributed by atoms with Gasteiger partial charge in [-0.15, -0.1) is 0 Å². The highest BCUT2D eigenvalue weighted by atomic mass is 79.9. The summed E-state index contributed by atoms with van der Waals surface area (Å²) in [6.07, 6.45) is 6.81. The van der Waals surface area contributed by atoms with Crippen molar-refractivity contribution in [3.8, 4) is 0 Å². The van der Waals surface area contributed by atoms with E-state index in [0.29, 0.717) is 6.04 Å². The molecule has 2 rings (SSSR count). The first-order valence-corrected chi connectivity index (χ1v) is 8.73. The maximum Gasteiger partial charge on any atom is 0.0423 e. The largest absolute Gasteiger partial charge is 0.371 e. The molecule has 3 heteroatoms. The average Bonchev–Trinajstić information content (AvgIpc) is 2.37. The Kier molecular flexibility index (Phi) is 6.37. The number of rotatable bonds is 4. The molecule has 1 saturated heterocycles. The fraction of sp³-hybridized carbons (Fsp3) is 0.647. The van der Waals surface area contributed by atoms with Crippen LogP contribution in [0.4, 0.5) is 5.69 Å². The summed E-state index contributed by atoms with van der Waals surface area (Å²) >= 11 is 3.63. The fourth-order valence-electron chi connectivity index (χ4n) is 2.78. The van der Waals surface area contributed by atoms with Gasteiger partial charge in [0.05, 0.1) is 0 Å². The SMILES string of the molecule is CC(C)NCc1ccc(Br)cc1N1CCCCCCC1. The second-order valence-corrected chi connectivity index (χ2v) is 6.98. The minimum atomic E-state index is 0.527. The van der Waals surface area contributed by atoms with Gasteiger partial charge in [0.2, 0.25) is 0 Å². The quantitative estimate of drug-likeness (QED) is 0.854. The van der Waals surface area contributed by atoms with Crippen molar-refractivity contribution in [3.63, 3.8) is 0 Å². The molecule has 0 spiro atoms. The monoisotopic (exact) mass is 338 g/mol. The number of anilines is 1. The van der Waals surface area contributed by atoms with Crippen LogP contribution in [0.1, 0.15) is 51.5 Å². The van der Waals surface area contributed by atoms with E-state index in [2.05, 4.69) is 58.2 Å². The average molecular weight is 339 g/mol. The van der Waals surface area contributed by atoms with Gasteiger partial charge in [-0.25, -0.2) is 0 Å². The maximum absolute atomic E-state index is 3.63. The molecule has 0 atom stereocenters. The van der Waals surface area contributed by atoms with Crippen molar-refractivity contribution < 1.29 is 0 Å². The number of halogens is 1. The minimum absolute atomic E-state index is 0.527. The van der Waals surface area contributed by atoms with Crippen LogP contribution in [0.15, 0.2) is 22.7 Å². The van der Waals surface area contributed by atoms with Crippen LogP contribution in [0.25, 0.3) is 0 Å². The lowest BCUT2D eigenvalue weighted by molar-refractivity contribution is 0.551. The highest BCUT2D eigenvalue weighted by Crippen LogP contribution is 2.27. The molecule has 0 aliphatic carbocycles. The molecule has 0 saturated carbocycles. The fourth-order valence-corrected chi connectivity index (χ4v) is 3.13. The Morgan fingerprint density at radius 2 is 1.75 bits per heavy atom. The van der Waals surface area contributed by atoms with Crippen LogP contribution in [0.5, 0.6) is 0 Å². The van der Waals surface area contributed by atoms with Crippen LogP contribution >= 0.6 is 15.9 Å². The van der Waals surface area contributed by atoms with Crippen molar-refractivity contribution in [2.24, 2.45) is 0 Å². The highest BCUT2D eigenvalue weighted by Gasteiger charge is 2.13. The van der Waals surface area contributed by atoms with Crippen LogP contribution in [-0.2, 0) is 6.54 Å². The smallest absolute Gasteiger partial charge is 0.0423 e. The Morgan fingerprint density at radius 3 is 2.40 bits per heavy atom. The van der Waals surface area contributed by atoms with Crippen molar-refractivity contribution >= 4 is 21.6 Å². The zero-order valence-electron chi connectivity index (χ0n) is 12.8. The lowest BCUT2D eigenvalue weighted by atomic mass is 10.1. The van der Waals surface area contributed by atoms with Crippen LogP contribution in [0.3, 0.4) is 0 Å². The van der Waals surface area contributed by atoms with Gasteiger partial charge in [0.15, 0.2) is 0 Å². The predicted molar refractivity (Wildman–Crippen MR) is 91.4 cm³/mol. The van der Waals surface area contributed by atoms with Crippen LogP contribution in [0.2, 0.25) is 0 Å². The van der Waals surface area contributed by atoms with Crippen molar-refractivity contribution in [1.29, 1.82) is 0 Å². The Labute approximate surface area is 132 Å². The molecule has 0 radical (unpaired) electrons. The van der Waals surface area contributed by atoms with Crippen molar-refractivity contribution in [3.05, 3.63) is 28.2 Å². The van der Waals surface area contributed by atoms with E-state index in [4.69, 9.17) is 0 Å². The van der Waals surface area contributed by atoms with Gasteiger partial charge in [0.1, 0.15) is 0 Å². The van der Waals surface area contributed by atoms with Gasteiger partial charge in [-0.05, 0) is 30.5 Å². The van der Waals surface area contributed by atoms with Crippen molar-refractivity contribution in [2.45, 2.75) is 58.5 Å². The molecule has 0 amide bonds. The number of nitrogens with zero attached hydrogens (tertiary/aromatic N) is 1. The van der Waals surface area contributed by atoms with Crippen LogP contribution in [-0.4, -0.2) is 19.1 Å². The lowest BCUT2D eigenvalue weighted by Crippen LogP contribution is -2.29. The molecule has 0 aromatic heterocycles. The summed E-state index contributed by atoms with van der Waals surface area (Å²) in [5.74, 6) is 0. The zero-order chi connectivity index (χ0) is 14.4. The van der Waals surface area contributed by atoms with Gasteiger partial charge in [0.25, 0.3) is 0 Å². The second-order valence-electron chi connectivity index (χ2n) is 6.06. The Balaban J connectivity index is 2.15. The van der Waals surface area contributed by atoms with Gasteiger partial charge in [-0.3, -0.25) is 0 Å². The molecule has 1 fully saturated rings. The minimum Gasteiger partial charge on any atom is -0.371 e. The molecular formula is C17H27BrN2.